The third-order valence-electron chi connectivity index (χ3n) is 3.91. The normalized spacial score (nSPS) is 23.4. The third-order valence-corrected chi connectivity index (χ3v) is 3.91. The highest BCUT2D eigenvalue weighted by Gasteiger charge is 2.39. The van der Waals surface area contributed by atoms with Gasteiger partial charge in [0.15, 0.2) is 0 Å². The molecule has 0 fully saturated rings. The van der Waals surface area contributed by atoms with E-state index in [4.69, 9.17) is 0 Å². The van der Waals surface area contributed by atoms with Gasteiger partial charge in [-0.25, -0.2) is 0 Å². The van der Waals surface area contributed by atoms with Crippen LogP contribution in [0.1, 0.15) is 44.4 Å². The van der Waals surface area contributed by atoms with Gasteiger partial charge >= 0.3 is 0 Å². The van der Waals surface area contributed by atoms with E-state index < -0.39 is 0 Å². The molecule has 1 aromatic rings. The molecule has 2 atom stereocenters. The highest BCUT2D eigenvalue weighted by atomic mass is 16.3. The fourth-order valence-corrected chi connectivity index (χ4v) is 2.84. The van der Waals surface area contributed by atoms with E-state index in [9.17, 15) is 5.11 Å². The van der Waals surface area contributed by atoms with E-state index in [1.165, 1.54) is 11.1 Å². The first kappa shape index (κ1) is 12.6. The number of hydrogen-bond acceptors (Lipinski definition) is 2. The van der Waals surface area contributed by atoms with Gasteiger partial charge in [-0.2, -0.15) is 0 Å². The molecule has 2 unspecified atom stereocenters. The van der Waals surface area contributed by atoms with E-state index in [0.717, 1.165) is 12.8 Å². The molecule has 2 heteroatoms. The van der Waals surface area contributed by atoms with Crippen LogP contribution in [0, 0.1) is 5.41 Å². The first-order valence-corrected chi connectivity index (χ1v) is 6.53. The molecule has 0 saturated carbocycles. The number of rotatable bonds is 4. The van der Waals surface area contributed by atoms with Crippen LogP contribution in [-0.4, -0.2) is 17.8 Å². The topological polar surface area (TPSA) is 32.3 Å². The second-order valence-corrected chi connectivity index (χ2v) is 5.75. The summed E-state index contributed by atoms with van der Waals surface area (Å²) in [6, 6.07) is 9.21. The van der Waals surface area contributed by atoms with Crippen molar-refractivity contribution in [2.45, 2.75) is 45.7 Å². The van der Waals surface area contributed by atoms with Crippen molar-refractivity contribution in [2.24, 2.45) is 5.41 Å². The van der Waals surface area contributed by atoms with Gasteiger partial charge < -0.3 is 10.4 Å². The Morgan fingerprint density at radius 1 is 1.41 bits per heavy atom. The lowest BCUT2D eigenvalue weighted by atomic mass is 9.85. The molecule has 0 radical (unpaired) electrons. The molecule has 2 nitrogen and oxygen atoms in total. The average Bonchev–Trinajstić information content (AvgIpc) is 2.56. The summed E-state index contributed by atoms with van der Waals surface area (Å²) in [6.07, 6.45) is 2.08. The summed E-state index contributed by atoms with van der Waals surface area (Å²) >= 11 is 0. The molecule has 2 rings (SSSR count). The minimum atomic E-state index is 0.199. The van der Waals surface area contributed by atoms with E-state index >= 15 is 0 Å². The first-order valence-electron chi connectivity index (χ1n) is 6.53. The van der Waals surface area contributed by atoms with Crippen LogP contribution >= 0.6 is 0 Å². The zero-order valence-corrected chi connectivity index (χ0v) is 11.0. The Kier molecular flexibility index (Phi) is 3.55. The summed E-state index contributed by atoms with van der Waals surface area (Å²) in [5.41, 5.74) is 3.08. The molecule has 94 valence electrons. The van der Waals surface area contributed by atoms with Gasteiger partial charge in [0.25, 0.3) is 0 Å². The van der Waals surface area contributed by atoms with Gasteiger partial charge in [0, 0.05) is 12.1 Å². The van der Waals surface area contributed by atoms with E-state index in [-0.39, 0.29) is 18.1 Å². The predicted octanol–water partition coefficient (Wildman–Crippen LogP) is 2.67. The molecule has 1 aromatic carbocycles. The fourth-order valence-electron chi connectivity index (χ4n) is 2.84. The maximum absolute atomic E-state index is 9.34. The average molecular weight is 233 g/mol. The first-order chi connectivity index (χ1) is 8.08. The van der Waals surface area contributed by atoms with Crippen LogP contribution in [0.5, 0.6) is 0 Å². The zero-order valence-electron chi connectivity index (χ0n) is 11.0. The van der Waals surface area contributed by atoms with Gasteiger partial charge in [0.05, 0.1) is 6.61 Å². The standard InChI is InChI=1S/C15H23NO/c1-4-12(10-17)16-14-13-8-6-5-7-11(13)9-15(14,2)3/h5-8,12,14,16-17H,4,9-10H2,1-3H3. The Bertz CT molecular complexity index is 382. The van der Waals surface area contributed by atoms with Gasteiger partial charge in [-0.05, 0) is 29.4 Å². The van der Waals surface area contributed by atoms with Crippen LogP contribution in [-0.2, 0) is 6.42 Å². The number of aliphatic hydroxyl groups excluding tert-OH is 1. The summed E-state index contributed by atoms with van der Waals surface area (Å²) < 4.78 is 0. The van der Waals surface area contributed by atoms with Gasteiger partial charge in [0.2, 0.25) is 0 Å². The number of benzene rings is 1. The lowest BCUT2D eigenvalue weighted by Gasteiger charge is -2.31. The van der Waals surface area contributed by atoms with Gasteiger partial charge in [0.1, 0.15) is 0 Å². The Hall–Kier alpha value is -0.860. The lowest BCUT2D eigenvalue weighted by Crippen LogP contribution is -2.40. The summed E-state index contributed by atoms with van der Waals surface area (Å²) in [6.45, 7) is 6.93. The Morgan fingerprint density at radius 3 is 2.76 bits per heavy atom. The highest BCUT2D eigenvalue weighted by Crippen LogP contribution is 2.45. The smallest absolute Gasteiger partial charge is 0.0584 e. The molecule has 0 bridgehead atoms. The van der Waals surface area contributed by atoms with Gasteiger partial charge in [-0.3, -0.25) is 0 Å². The molecule has 2 N–H and O–H groups in total. The van der Waals surface area contributed by atoms with Gasteiger partial charge in [-0.15, -0.1) is 0 Å². The Balaban J connectivity index is 2.25. The second-order valence-electron chi connectivity index (χ2n) is 5.75. The van der Waals surface area contributed by atoms with E-state index in [1.54, 1.807) is 0 Å². The van der Waals surface area contributed by atoms with Crippen molar-refractivity contribution >= 4 is 0 Å². The molecular formula is C15H23NO. The molecule has 1 aliphatic rings. The molecule has 0 aromatic heterocycles. The summed E-state index contributed by atoms with van der Waals surface area (Å²) in [4.78, 5) is 0. The van der Waals surface area contributed by atoms with Crippen molar-refractivity contribution < 1.29 is 5.11 Å². The highest BCUT2D eigenvalue weighted by molar-refractivity contribution is 5.37. The fraction of sp³-hybridized carbons (Fsp3) is 0.600. The molecule has 0 heterocycles. The monoisotopic (exact) mass is 233 g/mol. The van der Waals surface area contributed by atoms with E-state index in [0.29, 0.717) is 6.04 Å². The lowest BCUT2D eigenvalue weighted by molar-refractivity contribution is 0.188. The van der Waals surface area contributed by atoms with Crippen molar-refractivity contribution in [1.29, 1.82) is 0 Å². The molecule has 0 spiro atoms. The van der Waals surface area contributed by atoms with Crippen molar-refractivity contribution in [1.82, 2.24) is 5.32 Å². The maximum Gasteiger partial charge on any atom is 0.0584 e. The Labute approximate surface area is 104 Å². The molecule has 0 aliphatic heterocycles. The van der Waals surface area contributed by atoms with Crippen LogP contribution in [0.25, 0.3) is 0 Å². The minimum absolute atomic E-state index is 0.199. The number of fused-ring (bicyclic) bond motifs is 1. The Morgan fingerprint density at radius 2 is 2.12 bits per heavy atom. The number of nitrogens with one attached hydrogen (secondary N) is 1. The van der Waals surface area contributed by atoms with Crippen LogP contribution in [0.4, 0.5) is 0 Å². The molecule has 17 heavy (non-hydrogen) atoms. The van der Waals surface area contributed by atoms with Crippen LogP contribution in [0.2, 0.25) is 0 Å². The van der Waals surface area contributed by atoms with Gasteiger partial charge in [-0.1, -0.05) is 45.0 Å². The molecule has 0 amide bonds. The minimum Gasteiger partial charge on any atom is -0.395 e. The maximum atomic E-state index is 9.34. The largest absolute Gasteiger partial charge is 0.395 e. The molecular weight excluding hydrogens is 210 g/mol. The third kappa shape index (κ3) is 2.38. The zero-order chi connectivity index (χ0) is 12.5. The summed E-state index contributed by atoms with van der Waals surface area (Å²) in [7, 11) is 0. The summed E-state index contributed by atoms with van der Waals surface area (Å²) in [5, 5.41) is 13.0. The quantitative estimate of drug-likeness (QED) is 0.838. The summed E-state index contributed by atoms with van der Waals surface area (Å²) in [5.74, 6) is 0. The predicted molar refractivity (Wildman–Crippen MR) is 71.0 cm³/mol. The van der Waals surface area contributed by atoms with Crippen molar-refractivity contribution in [3.63, 3.8) is 0 Å². The van der Waals surface area contributed by atoms with Crippen molar-refractivity contribution in [3.05, 3.63) is 35.4 Å². The van der Waals surface area contributed by atoms with E-state index in [2.05, 4.69) is 50.4 Å². The SMILES string of the molecule is CCC(CO)NC1c2ccccc2CC1(C)C. The van der Waals surface area contributed by atoms with Crippen LogP contribution in [0.15, 0.2) is 24.3 Å². The van der Waals surface area contributed by atoms with Crippen LogP contribution < -0.4 is 5.32 Å². The number of aliphatic hydroxyl groups is 1. The van der Waals surface area contributed by atoms with Crippen LogP contribution in [0.3, 0.4) is 0 Å². The van der Waals surface area contributed by atoms with Crippen molar-refractivity contribution in [2.75, 3.05) is 6.61 Å². The molecule has 0 saturated heterocycles. The molecule has 1 aliphatic carbocycles. The second kappa shape index (κ2) is 4.79. The number of hydrogen-bond donors (Lipinski definition) is 2. The van der Waals surface area contributed by atoms with Crippen molar-refractivity contribution in [3.8, 4) is 0 Å². The van der Waals surface area contributed by atoms with E-state index in [1.807, 2.05) is 0 Å².